The summed E-state index contributed by atoms with van der Waals surface area (Å²) in [7, 11) is 0. The molecule has 2 aromatic rings. The number of halogens is 1. The van der Waals surface area contributed by atoms with E-state index in [1.807, 2.05) is 18.7 Å². The minimum atomic E-state index is -0.390. The fourth-order valence-electron chi connectivity index (χ4n) is 3.61. The lowest BCUT2D eigenvalue weighted by atomic mass is 9.95. The van der Waals surface area contributed by atoms with Gasteiger partial charge in [-0.1, -0.05) is 23.7 Å². The first-order valence-electron chi connectivity index (χ1n) is 10.2. The van der Waals surface area contributed by atoms with Crippen LogP contribution >= 0.6 is 11.6 Å². The van der Waals surface area contributed by atoms with Crippen LogP contribution in [0.2, 0.25) is 5.02 Å². The van der Waals surface area contributed by atoms with E-state index in [4.69, 9.17) is 11.6 Å². The number of carbonyl (C=O) groups is 2. The molecule has 0 radical (unpaired) electrons. The normalized spacial score (nSPS) is 14.4. The second-order valence-electron chi connectivity index (χ2n) is 7.82. The van der Waals surface area contributed by atoms with Crippen molar-refractivity contribution in [2.24, 2.45) is 5.92 Å². The molecule has 0 aliphatic carbocycles. The Balaban J connectivity index is 1.64. The van der Waals surface area contributed by atoms with E-state index in [-0.39, 0.29) is 29.5 Å². The van der Waals surface area contributed by atoms with Gasteiger partial charge in [0.25, 0.3) is 11.6 Å². The summed E-state index contributed by atoms with van der Waals surface area (Å²) < 4.78 is 0. The summed E-state index contributed by atoms with van der Waals surface area (Å²) in [5, 5.41) is 17.3. The number of rotatable bonds is 6. The molecular weight excluding hydrogens is 420 g/mol. The molecule has 1 aliphatic heterocycles. The highest BCUT2D eigenvalue weighted by molar-refractivity contribution is 6.34. The average Bonchev–Trinajstić information content (AvgIpc) is 2.74. The first-order valence-corrected chi connectivity index (χ1v) is 10.5. The van der Waals surface area contributed by atoms with Crippen molar-refractivity contribution >= 4 is 40.5 Å². The minimum Gasteiger partial charge on any atom is -0.366 e. The van der Waals surface area contributed by atoms with Gasteiger partial charge in [-0.2, -0.15) is 0 Å². The van der Waals surface area contributed by atoms with Gasteiger partial charge in [-0.25, -0.2) is 0 Å². The molecule has 1 aliphatic rings. The smallest absolute Gasteiger partial charge is 0.292 e. The molecular formula is C22H25ClN4O4. The monoisotopic (exact) mass is 444 g/mol. The van der Waals surface area contributed by atoms with Gasteiger partial charge >= 0.3 is 0 Å². The first-order chi connectivity index (χ1) is 14.8. The number of amides is 2. The molecule has 0 unspecified atom stereocenters. The first kappa shape index (κ1) is 22.6. The molecule has 0 atom stereocenters. The summed E-state index contributed by atoms with van der Waals surface area (Å²) in [6, 6.07) is 11.4. The molecule has 2 amide bonds. The zero-order valence-corrected chi connectivity index (χ0v) is 18.2. The van der Waals surface area contributed by atoms with E-state index in [1.165, 1.54) is 6.07 Å². The number of hydrogen-bond acceptors (Lipinski definition) is 5. The maximum atomic E-state index is 12.8. The summed E-state index contributed by atoms with van der Waals surface area (Å²) in [4.78, 5) is 37.9. The van der Waals surface area contributed by atoms with Crippen molar-refractivity contribution in [1.82, 2.24) is 5.32 Å². The lowest BCUT2D eigenvalue weighted by molar-refractivity contribution is -0.384. The maximum Gasteiger partial charge on any atom is 0.292 e. The van der Waals surface area contributed by atoms with Gasteiger partial charge in [0.15, 0.2) is 0 Å². The van der Waals surface area contributed by atoms with Gasteiger partial charge in [0, 0.05) is 36.7 Å². The van der Waals surface area contributed by atoms with Crippen LogP contribution in [-0.2, 0) is 4.79 Å². The van der Waals surface area contributed by atoms with Crippen molar-refractivity contribution in [1.29, 1.82) is 0 Å². The van der Waals surface area contributed by atoms with Gasteiger partial charge in [-0.3, -0.25) is 19.7 Å². The van der Waals surface area contributed by atoms with E-state index in [9.17, 15) is 19.7 Å². The predicted molar refractivity (Wildman–Crippen MR) is 121 cm³/mol. The Morgan fingerprint density at radius 1 is 1.16 bits per heavy atom. The van der Waals surface area contributed by atoms with Crippen LogP contribution in [0.4, 0.5) is 17.1 Å². The molecule has 1 heterocycles. The number of carbonyl (C=O) groups excluding carboxylic acids is 2. The van der Waals surface area contributed by atoms with Crippen LogP contribution < -0.4 is 15.5 Å². The minimum absolute atomic E-state index is 0.00755. The second-order valence-corrected chi connectivity index (χ2v) is 8.23. The van der Waals surface area contributed by atoms with Crippen molar-refractivity contribution in [3.8, 4) is 0 Å². The third kappa shape index (κ3) is 5.52. The van der Waals surface area contributed by atoms with Gasteiger partial charge in [-0.05, 0) is 51.0 Å². The molecule has 2 N–H and O–H groups in total. The number of para-hydroxylation sites is 2. The highest BCUT2D eigenvalue weighted by atomic mass is 35.5. The van der Waals surface area contributed by atoms with Crippen molar-refractivity contribution in [2.75, 3.05) is 23.3 Å². The topological polar surface area (TPSA) is 105 Å². The molecule has 0 bridgehead atoms. The lowest BCUT2D eigenvalue weighted by Gasteiger charge is -2.32. The van der Waals surface area contributed by atoms with Crippen molar-refractivity contribution in [3.05, 3.63) is 63.2 Å². The average molecular weight is 445 g/mol. The van der Waals surface area contributed by atoms with Crippen LogP contribution in [-0.4, -0.2) is 35.9 Å². The fourth-order valence-corrected chi connectivity index (χ4v) is 3.78. The van der Waals surface area contributed by atoms with Crippen LogP contribution in [0.5, 0.6) is 0 Å². The van der Waals surface area contributed by atoms with E-state index >= 15 is 0 Å². The van der Waals surface area contributed by atoms with E-state index in [0.717, 1.165) is 0 Å². The van der Waals surface area contributed by atoms with Crippen LogP contribution in [0.3, 0.4) is 0 Å². The second kappa shape index (κ2) is 9.78. The van der Waals surface area contributed by atoms with Gasteiger partial charge < -0.3 is 15.5 Å². The molecule has 8 nitrogen and oxygen atoms in total. The third-order valence-electron chi connectivity index (χ3n) is 5.19. The lowest BCUT2D eigenvalue weighted by Crippen LogP contribution is -2.38. The highest BCUT2D eigenvalue weighted by Gasteiger charge is 2.28. The van der Waals surface area contributed by atoms with E-state index in [1.54, 1.807) is 36.4 Å². The summed E-state index contributed by atoms with van der Waals surface area (Å²) in [5.41, 5.74) is 1.44. The van der Waals surface area contributed by atoms with Gasteiger partial charge in [0.05, 0.1) is 15.6 Å². The standard InChI is InChI=1S/C22H25ClN4O4/c1-14(2)24-22(29)16-7-8-17(23)18(13-16)25-21(28)15-9-11-26(12-10-15)19-5-3-4-6-20(19)27(30)31/h3-8,13-15H,9-12H2,1-2H3,(H,24,29)(H,25,28). The molecule has 0 spiro atoms. The number of nitro groups is 1. The van der Waals surface area contributed by atoms with Crippen molar-refractivity contribution in [3.63, 3.8) is 0 Å². The summed E-state index contributed by atoms with van der Waals surface area (Å²) in [5.74, 6) is -0.659. The number of benzene rings is 2. The largest absolute Gasteiger partial charge is 0.366 e. The molecule has 164 valence electrons. The Bertz CT molecular complexity index is 987. The fraction of sp³-hybridized carbons (Fsp3) is 0.364. The Labute approximate surface area is 185 Å². The van der Waals surface area contributed by atoms with Crippen LogP contribution in [0.1, 0.15) is 37.0 Å². The zero-order valence-electron chi connectivity index (χ0n) is 17.4. The van der Waals surface area contributed by atoms with Gasteiger partial charge in [-0.15, -0.1) is 0 Å². The van der Waals surface area contributed by atoms with E-state index < -0.39 is 4.92 Å². The highest BCUT2D eigenvalue weighted by Crippen LogP contribution is 2.32. The van der Waals surface area contributed by atoms with Crippen molar-refractivity contribution < 1.29 is 14.5 Å². The quantitative estimate of drug-likeness (QED) is 0.512. The summed E-state index contributed by atoms with van der Waals surface area (Å²) >= 11 is 6.22. The van der Waals surface area contributed by atoms with E-state index in [2.05, 4.69) is 10.6 Å². The number of nitrogens with one attached hydrogen (secondary N) is 2. The molecule has 0 aromatic heterocycles. The van der Waals surface area contributed by atoms with Crippen LogP contribution in [0, 0.1) is 16.0 Å². The molecule has 3 rings (SSSR count). The molecule has 9 heteroatoms. The molecule has 2 aromatic carbocycles. The Hall–Kier alpha value is -3.13. The van der Waals surface area contributed by atoms with Gasteiger partial charge in [0.1, 0.15) is 5.69 Å². The third-order valence-corrected chi connectivity index (χ3v) is 5.52. The predicted octanol–water partition coefficient (Wildman–Crippen LogP) is 4.24. The molecule has 1 saturated heterocycles. The SMILES string of the molecule is CC(C)NC(=O)c1ccc(Cl)c(NC(=O)C2CCN(c3ccccc3[N+](=O)[O-])CC2)c1. The summed E-state index contributed by atoms with van der Waals surface area (Å²) in [6.07, 6.45) is 1.12. The zero-order chi connectivity index (χ0) is 22.5. The maximum absolute atomic E-state index is 12.8. The Morgan fingerprint density at radius 2 is 1.84 bits per heavy atom. The summed E-state index contributed by atoms with van der Waals surface area (Å²) in [6.45, 7) is 4.81. The number of anilines is 2. The van der Waals surface area contributed by atoms with Gasteiger partial charge in [0.2, 0.25) is 5.91 Å². The number of nitro benzene ring substituents is 1. The molecule has 1 fully saturated rings. The van der Waals surface area contributed by atoms with E-state index in [0.29, 0.717) is 47.9 Å². The van der Waals surface area contributed by atoms with Crippen molar-refractivity contribution in [2.45, 2.75) is 32.7 Å². The molecule has 31 heavy (non-hydrogen) atoms. The molecule has 0 saturated carbocycles. The Morgan fingerprint density at radius 3 is 2.48 bits per heavy atom. The van der Waals surface area contributed by atoms with Crippen LogP contribution in [0.15, 0.2) is 42.5 Å². The number of hydrogen-bond donors (Lipinski definition) is 2. The number of piperidine rings is 1. The number of nitrogens with zero attached hydrogens (tertiary/aromatic N) is 2. The van der Waals surface area contributed by atoms with Crippen LogP contribution in [0.25, 0.3) is 0 Å². The Kier molecular flexibility index (Phi) is 7.12.